The number of nitrogens with zero attached hydrogens (tertiary/aromatic N) is 2. The number of methoxy groups -OCH3 is 1. The number of hydrogen-bond donors (Lipinski definition) is 0. The van der Waals surface area contributed by atoms with Gasteiger partial charge in [0.25, 0.3) is 11.8 Å². The van der Waals surface area contributed by atoms with Crippen molar-refractivity contribution in [3.8, 4) is 11.5 Å². The number of ether oxygens (including phenoxy) is 2. The Bertz CT molecular complexity index is 968. The zero-order valence-electron chi connectivity index (χ0n) is 18.9. The molecule has 2 aliphatic rings. The van der Waals surface area contributed by atoms with Crippen molar-refractivity contribution in [1.29, 1.82) is 0 Å². The maximum Gasteiger partial charge on any atom is 0.261 e. The largest absolute Gasteiger partial charge is 0.497 e. The number of para-hydroxylation sites is 1. The van der Waals surface area contributed by atoms with Crippen molar-refractivity contribution in [2.75, 3.05) is 18.6 Å². The Morgan fingerprint density at radius 1 is 0.939 bits per heavy atom. The van der Waals surface area contributed by atoms with Crippen LogP contribution < -0.4 is 14.4 Å². The van der Waals surface area contributed by atoms with Gasteiger partial charge in [-0.25, -0.2) is 4.90 Å². The Balaban J connectivity index is 1.56. The van der Waals surface area contributed by atoms with Crippen LogP contribution in [0.4, 0.5) is 5.69 Å². The number of hydrogen-bond acceptors (Lipinski definition) is 5. The van der Waals surface area contributed by atoms with Crippen LogP contribution in [0.25, 0.3) is 0 Å². The summed E-state index contributed by atoms with van der Waals surface area (Å²) < 4.78 is 10.9. The second-order valence-corrected chi connectivity index (χ2v) is 8.53. The monoisotopic (exact) mass is 450 g/mol. The number of imide groups is 1. The van der Waals surface area contributed by atoms with E-state index in [0.717, 1.165) is 38.5 Å². The normalized spacial score (nSPS) is 19.3. The Labute approximate surface area is 194 Å². The maximum atomic E-state index is 13.5. The van der Waals surface area contributed by atoms with Crippen LogP contribution in [-0.4, -0.2) is 48.4 Å². The van der Waals surface area contributed by atoms with Crippen LogP contribution in [0.3, 0.4) is 0 Å². The molecule has 33 heavy (non-hydrogen) atoms. The van der Waals surface area contributed by atoms with Gasteiger partial charge in [-0.15, -0.1) is 0 Å². The highest BCUT2D eigenvalue weighted by Gasteiger charge is 2.46. The zero-order valence-corrected chi connectivity index (χ0v) is 18.9. The highest BCUT2D eigenvalue weighted by Crippen LogP contribution is 2.31. The quantitative estimate of drug-likeness (QED) is 0.472. The van der Waals surface area contributed by atoms with E-state index in [1.807, 2.05) is 18.2 Å². The van der Waals surface area contributed by atoms with Gasteiger partial charge in [0.05, 0.1) is 19.2 Å². The number of rotatable bonds is 7. The van der Waals surface area contributed by atoms with Crippen molar-refractivity contribution in [2.24, 2.45) is 0 Å². The molecule has 1 aliphatic carbocycles. The Kier molecular flexibility index (Phi) is 7.27. The van der Waals surface area contributed by atoms with Gasteiger partial charge in [0.1, 0.15) is 17.5 Å². The molecule has 2 aromatic rings. The topological polar surface area (TPSA) is 76.2 Å². The molecule has 1 unspecified atom stereocenters. The van der Waals surface area contributed by atoms with E-state index in [1.165, 1.54) is 4.90 Å². The van der Waals surface area contributed by atoms with Crippen LogP contribution in [0.5, 0.6) is 11.5 Å². The van der Waals surface area contributed by atoms with Crippen LogP contribution in [0, 0.1) is 0 Å². The molecule has 0 aromatic heterocycles. The third-order valence-corrected chi connectivity index (χ3v) is 6.40. The summed E-state index contributed by atoms with van der Waals surface area (Å²) in [4.78, 5) is 42.6. The SMILES string of the molecule is COc1ccc(N2C(=O)CC(N(C(=O)COc3ccccc3)C3CCCCCC3)C2=O)cc1. The number of carbonyl (C=O) groups excluding carboxylic acids is 3. The van der Waals surface area contributed by atoms with Crippen molar-refractivity contribution in [3.05, 3.63) is 54.6 Å². The summed E-state index contributed by atoms with van der Waals surface area (Å²) >= 11 is 0. The van der Waals surface area contributed by atoms with Crippen LogP contribution >= 0.6 is 0 Å². The van der Waals surface area contributed by atoms with E-state index in [9.17, 15) is 14.4 Å². The second-order valence-electron chi connectivity index (χ2n) is 8.53. The molecule has 2 aromatic carbocycles. The van der Waals surface area contributed by atoms with Crippen molar-refractivity contribution < 1.29 is 23.9 Å². The van der Waals surface area contributed by atoms with Gasteiger partial charge < -0.3 is 14.4 Å². The molecule has 3 amide bonds. The van der Waals surface area contributed by atoms with E-state index >= 15 is 0 Å². The van der Waals surface area contributed by atoms with E-state index in [4.69, 9.17) is 9.47 Å². The Morgan fingerprint density at radius 3 is 2.24 bits per heavy atom. The van der Waals surface area contributed by atoms with Crippen molar-refractivity contribution in [3.63, 3.8) is 0 Å². The van der Waals surface area contributed by atoms with Gasteiger partial charge in [-0.3, -0.25) is 14.4 Å². The summed E-state index contributed by atoms with van der Waals surface area (Å²) in [6.45, 7) is -0.166. The lowest BCUT2D eigenvalue weighted by molar-refractivity contribution is -0.143. The fourth-order valence-corrected chi connectivity index (χ4v) is 4.74. The molecule has 174 valence electrons. The number of amides is 3. The molecule has 1 saturated carbocycles. The molecule has 0 spiro atoms. The fraction of sp³-hybridized carbons (Fsp3) is 0.423. The fourth-order valence-electron chi connectivity index (χ4n) is 4.74. The zero-order chi connectivity index (χ0) is 23.2. The van der Waals surface area contributed by atoms with Crippen LogP contribution in [0.2, 0.25) is 0 Å². The van der Waals surface area contributed by atoms with E-state index in [0.29, 0.717) is 17.2 Å². The summed E-state index contributed by atoms with van der Waals surface area (Å²) in [5, 5.41) is 0. The third kappa shape index (κ3) is 5.18. The van der Waals surface area contributed by atoms with Gasteiger partial charge in [0, 0.05) is 6.04 Å². The second kappa shape index (κ2) is 10.5. The molecule has 1 heterocycles. The molecule has 1 aliphatic heterocycles. The van der Waals surface area contributed by atoms with Crippen LogP contribution in [0.15, 0.2) is 54.6 Å². The molecule has 1 saturated heterocycles. The molecule has 0 bridgehead atoms. The lowest BCUT2D eigenvalue weighted by Gasteiger charge is -2.35. The molecule has 7 nitrogen and oxygen atoms in total. The predicted molar refractivity (Wildman–Crippen MR) is 124 cm³/mol. The Hall–Kier alpha value is -3.35. The molecule has 4 rings (SSSR count). The van der Waals surface area contributed by atoms with Crippen molar-refractivity contribution in [1.82, 2.24) is 4.90 Å². The average molecular weight is 451 g/mol. The first kappa shape index (κ1) is 22.8. The van der Waals surface area contributed by atoms with Gasteiger partial charge in [-0.05, 0) is 49.2 Å². The predicted octanol–water partition coefficient (Wildman–Crippen LogP) is 3.96. The van der Waals surface area contributed by atoms with Gasteiger partial charge >= 0.3 is 0 Å². The summed E-state index contributed by atoms with van der Waals surface area (Å²) in [6, 6.07) is 15.1. The van der Waals surface area contributed by atoms with E-state index in [-0.39, 0.29) is 36.8 Å². The third-order valence-electron chi connectivity index (χ3n) is 6.40. The molecule has 1 atom stereocenters. The first-order valence-electron chi connectivity index (χ1n) is 11.6. The Morgan fingerprint density at radius 2 is 1.61 bits per heavy atom. The summed E-state index contributed by atoms with van der Waals surface area (Å²) in [5.74, 6) is 0.324. The molecular formula is C26H30N2O5. The summed E-state index contributed by atoms with van der Waals surface area (Å²) in [7, 11) is 1.56. The van der Waals surface area contributed by atoms with Gasteiger partial charge in [0.15, 0.2) is 6.61 Å². The standard InChI is InChI=1S/C26H30N2O5/c1-32-21-15-13-20(14-16-21)28-24(29)17-23(26(28)31)27(19-9-5-2-3-6-10-19)25(30)18-33-22-11-7-4-8-12-22/h4,7-8,11-16,19,23H,2-3,5-6,9-10,17-18H2,1H3. The average Bonchev–Trinajstić information content (AvgIpc) is 3.00. The summed E-state index contributed by atoms with van der Waals surface area (Å²) in [5.41, 5.74) is 0.488. The first-order valence-corrected chi connectivity index (χ1v) is 11.6. The van der Waals surface area contributed by atoms with Crippen LogP contribution in [-0.2, 0) is 14.4 Å². The molecule has 0 N–H and O–H groups in total. The van der Waals surface area contributed by atoms with E-state index in [2.05, 4.69) is 0 Å². The minimum Gasteiger partial charge on any atom is -0.497 e. The first-order chi connectivity index (χ1) is 16.1. The molecular weight excluding hydrogens is 420 g/mol. The van der Waals surface area contributed by atoms with E-state index in [1.54, 1.807) is 48.4 Å². The van der Waals surface area contributed by atoms with Gasteiger partial charge in [0.2, 0.25) is 5.91 Å². The van der Waals surface area contributed by atoms with Crippen molar-refractivity contribution in [2.45, 2.75) is 57.0 Å². The minimum absolute atomic E-state index is 0.0154. The highest BCUT2D eigenvalue weighted by molar-refractivity contribution is 6.23. The molecule has 0 radical (unpaired) electrons. The van der Waals surface area contributed by atoms with Gasteiger partial charge in [-0.1, -0.05) is 43.9 Å². The number of anilines is 1. The summed E-state index contributed by atoms with van der Waals surface area (Å²) in [6.07, 6.45) is 5.90. The minimum atomic E-state index is -0.811. The molecule has 2 fully saturated rings. The smallest absolute Gasteiger partial charge is 0.261 e. The van der Waals surface area contributed by atoms with Gasteiger partial charge in [-0.2, -0.15) is 0 Å². The molecule has 7 heteroatoms. The lowest BCUT2D eigenvalue weighted by atomic mass is 10.0. The number of benzene rings is 2. The highest BCUT2D eigenvalue weighted by atomic mass is 16.5. The van der Waals surface area contributed by atoms with Crippen molar-refractivity contribution >= 4 is 23.4 Å². The van der Waals surface area contributed by atoms with Crippen LogP contribution in [0.1, 0.15) is 44.9 Å². The maximum absolute atomic E-state index is 13.5. The van der Waals surface area contributed by atoms with E-state index < -0.39 is 6.04 Å². The lowest BCUT2D eigenvalue weighted by Crippen LogP contribution is -2.52. The number of carbonyl (C=O) groups is 3.